The van der Waals surface area contributed by atoms with Gasteiger partial charge >= 0.3 is 0 Å². The molecular formula is C33H53N5O5. The maximum absolute atomic E-state index is 14.1. The first-order valence-corrected chi connectivity index (χ1v) is 15.6. The predicted molar refractivity (Wildman–Crippen MR) is 168 cm³/mol. The third-order valence-corrected chi connectivity index (χ3v) is 7.64. The van der Waals surface area contributed by atoms with Gasteiger partial charge in [0.2, 0.25) is 29.5 Å². The van der Waals surface area contributed by atoms with Crippen molar-refractivity contribution in [3.63, 3.8) is 0 Å². The molecule has 1 heterocycles. The Bertz CT molecular complexity index is 1100. The molecular weight excluding hydrogens is 546 g/mol. The minimum absolute atomic E-state index is 0.0600. The molecule has 2 rings (SSSR count). The Morgan fingerprint density at radius 3 is 1.53 bits per heavy atom. The highest BCUT2D eigenvalue weighted by Crippen LogP contribution is 2.17. The second kappa shape index (κ2) is 16.4. The second-order valence-corrected chi connectivity index (χ2v) is 13.5. The fraction of sp³-hybridized carbons (Fsp3) is 0.667. The normalized spacial score (nSPS) is 24.9. The molecule has 0 spiro atoms. The van der Waals surface area contributed by atoms with Crippen molar-refractivity contribution in [2.45, 2.75) is 111 Å². The fourth-order valence-corrected chi connectivity index (χ4v) is 5.33. The molecule has 1 aromatic carbocycles. The monoisotopic (exact) mass is 599 g/mol. The fourth-order valence-electron chi connectivity index (χ4n) is 5.33. The van der Waals surface area contributed by atoms with Gasteiger partial charge in [-0.15, -0.1) is 0 Å². The number of hydrogen-bond acceptors (Lipinski definition) is 5. The number of carbonyl (C=O) groups is 5. The molecule has 4 N–H and O–H groups in total. The lowest BCUT2D eigenvalue weighted by molar-refractivity contribution is -0.143. The van der Waals surface area contributed by atoms with E-state index in [0.717, 1.165) is 5.56 Å². The molecule has 43 heavy (non-hydrogen) atoms. The van der Waals surface area contributed by atoms with Crippen LogP contribution in [0.5, 0.6) is 0 Å². The van der Waals surface area contributed by atoms with Gasteiger partial charge in [-0.3, -0.25) is 24.0 Å². The number of carbonyl (C=O) groups excluding carboxylic acids is 5. The molecule has 1 aliphatic rings. The summed E-state index contributed by atoms with van der Waals surface area (Å²) in [6, 6.07) is 4.73. The van der Waals surface area contributed by atoms with Gasteiger partial charge in [0.25, 0.3) is 0 Å². The lowest BCUT2D eigenvalue weighted by Crippen LogP contribution is -2.59. The number of nitrogens with one attached hydrogen (secondary N) is 4. The van der Waals surface area contributed by atoms with E-state index >= 15 is 0 Å². The van der Waals surface area contributed by atoms with E-state index in [4.69, 9.17) is 0 Å². The molecule has 10 heteroatoms. The van der Waals surface area contributed by atoms with Crippen molar-refractivity contribution in [3.05, 3.63) is 35.9 Å². The smallest absolute Gasteiger partial charge is 0.245 e. The molecule has 0 aromatic heterocycles. The van der Waals surface area contributed by atoms with Crippen molar-refractivity contribution in [3.8, 4) is 0 Å². The van der Waals surface area contributed by atoms with Gasteiger partial charge in [0.15, 0.2) is 0 Å². The Hall–Kier alpha value is -3.43. The molecule has 0 radical (unpaired) electrons. The summed E-state index contributed by atoms with van der Waals surface area (Å²) in [4.78, 5) is 70.2. The van der Waals surface area contributed by atoms with E-state index in [1.165, 1.54) is 4.90 Å². The Balaban J connectivity index is 2.66. The molecule has 0 unspecified atom stereocenters. The Labute approximate surface area is 257 Å². The summed E-state index contributed by atoms with van der Waals surface area (Å²) in [6.45, 7) is 15.3. The third-order valence-electron chi connectivity index (χ3n) is 7.64. The van der Waals surface area contributed by atoms with Crippen LogP contribution >= 0.6 is 0 Å². The van der Waals surface area contributed by atoms with E-state index < -0.39 is 59.7 Å². The van der Waals surface area contributed by atoms with Crippen molar-refractivity contribution in [1.82, 2.24) is 26.2 Å². The summed E-state index contributed by atoms with van der Waals surface area (Å²) in [5.74, 6) is -2.43. The minimum Gasteiger partial charge on any atom is -0.343 e. The lowest BCUT2D eigenvalue weighted by Gasteiger charge is -2.33. The van der Waals surface area contributed by atoms with Crippen LogP contribution in [0.1, 0.15) is 80.2 Å². The molecule has 1 saturated heterocycles. The van der Waals surface area contributed by atoms with Gasteiger partial charge in [0.1, 0.15) is 30.2 Å². The number of rotatable bonds is 9. The van der Waals surface area contributed by atoms with E-state index in [2.05, 4.69) is 21.3 Å². The highest BCUT2D eigenvalue weighted by Gasteiger charge is 2.38. The van der Waals surface area contributed by atoms with E-state index in [1.807, 2.05) is 85.7 Å². The zero-order chi connectivity index (χ0) is 32.4. The van der Waals surface area contributed by atoms with Gasteiger partial charge in [-0.05, 0) is 48.5 Å². The maximum Gasteiger partial charge on any atom is 0.245 e. The van der Waals surface area contributed by atoms with Crippen LogP contribution in [-0.4, -0.2) is 71.7 Å². The zero-order valence-electron chi connectivity index (χ0n) is 27.4. The SMILES string of the molecule is CC(C)C[C@@H]1NC(=O)[C@H](C(C)C)NC(=O)[C@H](CC(C)C)N(C)C(=O)[C@@H](Cc2ccccc2)NC(=O)[C@@H](CC(C)C)NC1=O. The van der Waals surface area contributed by atoms with E-state index in [1.54, 1.807) is 7.05 Å². The summed E-state index contributed by atoms with van der Waals surface area (Å²) >= 11 is 0. The van der Waals surface area contributed by atoms with Gasteiger partial charge in [-0.25, -0.2) is 0 Å². The van der Waals surface area contributed by atoms with E-state index in [-0.39, 0.29) is 30.1 Å². The molecule has 0 bridgehead atoms. The van der Waals surface area contributed by atoms with E-state index in [9.17, 15) is 24.0 Å². The standard InChI is InChI=1S/C33H53N5O5/c1-19(2)15-24-30(40)36-26(18-23-13-11-10-12-14-23)33(43)38(9)27(17-21(5)6)31(41)37-28(22(7)8)32(42)35-25(16-20(3)4)29(39)34-24/h10-14,19-22,24-28H,15-18H2,1-9H3,(H,34,39)(H,35,42)(H,36,40)(H,37,41)/t24-,25+,26-,27+,28+/m1/s1. The van der Waals surface area contributed by atoms with Crippen LogP contribution in [0.25, 0.3) is 0 Å². The molecule has 1 fully saturated rings. The third kappa shape index (κ3) is 11.0. The highest BCUT2D eigenvalue weighted by atomic mass is 16.2. The van der Waals surface area contributed by atoms with Crippen molar-refractivity contribution in [2.24, 2.45) is 23.7 Å². The van der Waals surface area contributed by atoms with Crippen LogP contribution in [0.15, 0.2) is 30.3 Å². The predicted octanol–water partition coefficient (Wildman–Crippen LogP) is 2.80. The summed E-state index contributed by atoms with van der Waals surface area (Å²) in [7, 11) is 1.56. The van der Waals surface area contributed by atoms with Crippen molar-refractivity contribution < 1.29 is 24.0 Å². The molecule has 240 valence electrons. The van der Waals surface area contributed by atoms with Gasteiger partial charge < -0.3 is 26.2 Å². The number of likely N-dealkylation sites (N-methyl/N-ethyl adjacent to an activating group) is 1. The molecule has 10 nitrogen and oxygen atoms in total. The molecule has 1 aromatic rings. The molecule has 0 saturated carbocycles. The quantitative estimate of drug-likeness (QED) is 0.346. The van der Waals surface area contributed by atoms with Crippen LogP contribution in [0.4, 0.5) is 0 Å². The van der Waals surface area contributed by atoms with Crippen molar-refractivity contribution in [1.29, 1.82) is 0 Å². The Morgan fingerprint density at radius 1 is 0.605 bits per heavy atom. The summed E-state index contributed by atoms with van der Waals surface area (Å²) < 4.78 is 0. The Kier molecular flexibility index (Phi) is 13.7. The first kappa shape index (κ1) is 35.8. The van der Waals surface area contributed by atoms with Gasteiger partial charge in [-0.1, -0.05) is 85.7 Å². The molecule has 5 atom stereocenters. The van der Waals surface area contributed by atoms with Gasteiger partial charge in [0, 0.05) is 13.5 Å². The number of hydrogen-bond donors (Lipinski definition) is 4. The van der Waals surface area contributed by atoms with Crippen LogP contribution in [-0.2, 0) is 30.4 Å². The first-order valence-electron chi connectivity index (χ1n) is 15.6. The summed E-state index contributed by atoms with van der Waals surface area (Å²) in [5.41, 5.74) is 0.841. The summed E-state index contributed by atoms with van der Waals surface area (Å²) in [5, 5.41) is 11.5. The summed E-state index contributed by atoms with van der Waals surface area (Å²) in [6.07, 6.45) is 1.25. The van der Waals surface area contributed by atoms with Gasteiger partial charge in [-0.2, -0.15) is 0 Å². The van der Waals surface area contributed by atoms with Crippen molar-refractivity contribution in [2.75, 3.05) is 7.05 Å². The number of amides is 5. The van der Waals surface area contributed by atoms with Gasteiger partial charge in [0.05, 0.1) is 0 Å². The van der Waals surface area contributed by atoms with E-state index in [0.29, 0.717) is 19.3 Å². The zero-order valence-corrected chi connectivity index (χ0v) is 27.4. The van der Waals surface area contributed by atoms with Crippen LogP contribution in [0, 0.1) is 23.7 Å². The van der Waals surface area contributed by atoms with Crippen LogP contribution in [0.2, 0.25) is 0 Å². The largest absolute Gasteiger partial charge is 0.343 e. The first-order chi connectivity index (χ1) is 20.1. The molecule has 1 aliphatic heterocycles. The maximum atomic E-state index is 14.1. The highest BCUT2D eigenvalue weighted by molar-refractivity contribution is 5.98. The van der Waals surface area contributed by atoms with Crippen LogP contribution < -0.4 is 21.3 Å². The lowest BCUT2D eigenvalue weighted by atomic mass is 9.97. The second-order valence-electron chi connectivity index (χ2n) is 13.5. The van der Waals surface area contributed by atoms with Crippen molar-refractivity contribution >= 4 is 29.5 Å². The average Bonchev–Trinajstić information content (AvgIpc) is 2.91. The molecule has 0 aliphatic carbocycles. The average molecular weight is 600 g/mol. The molecule has 5 amide bonds. The topological polar surface area (TPSA) is 137 Å². The minimum atomic E-state index is -0.980. The number of benzene rings is 1. The van der Waals surface area contributed by atoms with Crippen LogP contribution in [0.3, 0.4) is 0 Å². The Morgan fingerprint density at radius 2 is 1.07 bits per heavy atom. The number of nitrogens with zero attached hydrogens (tertiary/aromatic N) is 1.